The predicted molar refractivity (Wildman–Crippen MR) is 52.1 cm³/mol. The van der Waals surface area contributed by atoms with Crippen molar-refractivity contribution in [2.75, 3.05) is 6.26 Å². The van der Waals surface area contributed by atoms with E-state index >= 15 is 0 Å². The largest absolute Gasteiger partial charge is 0.481 e. The van der Waals surface area contributed by atoms with E-state index in [1.54, 1.807) is 13.1 Å². The second-order valence-corrected chi connectivity index (χ2v) is 3.65. The highest BCUT2D eigenvalue weighted by Crippen LogP contribution is 2.08. The van der Waals surface area contributed by atoms with E-state index < -0.39 is 11.9 Å². The normalized spacial score (nSPS) is 12.4. The molecular weight excluding hydrogens is 202 g/mol. The summed E-state index contributed by atoms with van der Waals surface area (Å²) in [5, 5.41) is 17.0. The number of aromatic nitrogens is 3. The fourth-order valence-electron chi connectivity index (χ4n) is 0.876. The molecule has 0 spiro atoms. The van der Waals surface area contributed by atoms with E-state index in [0.717, 1.165) is 0 Å². The van der Waals surface area contributed by atoms with Gasteiger partial charge in [0.1, 0.15) is 0 Å². The Morgan fingerprint density at radius 2 is 2.36 bits per heavy atom. The Balaban J connectivity index is 2.64. The molecule has 0 aliphatic rings. The van der Waals surface area contributed by atoms with Gasteiger partial charge in [-0.1, -0.05) is 18.7 Å². The maximum absolute atomic E-state index is 10.6. The zero-order valence-electron chi connectivity index (χ0n) is 7.97. The predicted octanol–water partition coefficient (Wildman–Crippen LogP) is 0.857. The Hall–Kier alpha value is -1.17. The van der Waals surface area contributed by atoms with E-state index in [2.05, 4.69) is 15.2 Å². The number of carboxylic acids is 1. The number of carbonyl (C=O) groups is 1. The van der Waals surface area contributed by atoms with Gasteiger partial charge in [0.2, 0.25) is 5.16 Å². The van der Waals surface area contributed by atoms with Crippen LogP contribution in [0.1, 0.15) is 12.6 Å². The third-order valence-electron chi connectivity index (χ3n) is 1.71. The smallest absolute Gasteiger partial charge is 0.306 e. The Kier molecular flexibility index (Phi) is 3.82. The van der Waals surface area contributed by atoms with E-state index in [1.165, 1.54) is 11.8 Å². The lowest BCUT2D eigenvalue weighted by atomic mass is 10.1. The van der Waals surface area contributed by atoms with E-state index in [-0.39, 0.29) is 0 Å². The summed E-state index contributed by atoms with van der Waals surface area (Å²) in [5.74, 6) is -1.29. The van der Waals surface area contributed by atoms with Crippen molar-refractivity contribution < 1.29 is 9.90 Å². The zero-order chi connectivity index (χ0) is 10.6. The van der Waals surface area contributed by atoms with Crippen LogP contribution in [-0.4, -0.2) is 32.5 Å². The number of hydrogen-bond acceptors (Lipinski definition) is 5. The van der Waals surface area contributed by atoms with Gasteiger partial charge in [0.15, 0.2) is 0 Å². The molecule has 0 aromatic carbocycles. The van der Waals surface area contributed by atoms with Gasteiger partial charge in [0, 0.05) is 6.42 Å². The van der Waals surface area contributed by atoms with Crippen molar-refractivity contribution in [3.05, 3.63) is 11.9 Å². The number of hydrogen-bond donors (Lipinski definition) is 1. The minimum atomic E-state index is -0.833. The molecule has 0 saturated carbocycles. The molecule has 1 N–H and O–H groups in total. The molecule has 1 aromatic rings. The van der Waals surface area contributed by atoms with Crippen molar-refractivity contribution in [2.45, 2.75) is 18.5 Å². The van der Waals surface area contributed by atoms with Gasteiger partial charge in [-0.2, -0.15) is 5.10 Å². The second-order valence-electron chi connectivity index (χ2n) is 2.88. The van der Waals surface area contributed by atoms with E-state index in [0.29, 0.717) is 17.3 Å². The van der Waals surface area contributed by atoms with Crippen molar-refractivity contribution in [2.24, 2.45) is 5.92 Å². The fraction of sp³-hybridized carbons (Fsp3) is 0.500. The maximum atomic E-state index is 10.6. The van der Waals surface area contributed by atoms with Crippen LogP contribution < -0.4 is 0 Å². The van der Waals surface area contributed by atoms with Crippen LogP contribution in [0.25, 0.3) is 0 Å². The Morgan fingerprint density at radius 1 is 1.64 bits per heavy atom. The molecule has 76 valence electrons. The first-order valence-electron chi connectivity index (χ1n) is 4.09. The summed E-state index contributed by atoms with van der Waals surface area (Å²) in [4.78, 5) is 14.6. The molecule has 1 unspecified atom stereocenters. The Labute approximate surface area is 86.0 Å². The first-order chi connectivity index (χ1) is 6.63. The number of rotatable bonds is 4. The van der Waals surface area contributed by atoms with Crippen LogP contribution in [0.4, 0.5) is 0 Å². The van der Waals surface area contributed by atoms with Gasteiger partial charge in [-0.3, -0.25) is 4.79 Å². The minimum Gasteiger partial charge on any atom is -0.481 e. The highest BCUT2D eigenvalue weighted by atomic mass is 32.2. The van der Waals surface area contributed by atoms with Crippen molar-refractivity contribution >= 4 is 17.7 Å². The van der Waals surface area contributed by atoms with Gasteiger partial charge in [-0.15, -0.1) is 5.10 Å². The van der Waals surface area contributed by atoms with Crippen molar-refractivity contribution in [1.29, 1.82) is 0 Å². The van der Waals surface area contributed by atoms with Crippen LogP contribution in [0, 0.1) is 5.92 Å². The van der Waals surface area contributed by atoms with Crippen LogP contribution in [0.5, 0.6) is 0 Å². The van der Waals surface area contributed by atoms with Gasteiger partial charge in [-0.05, 0) is 6.26 Å². The lowest BCUT2D eigenvalue weighted by molar-refractivity contribution is -0.141. The molecule has 14 heavy (non-hydrogen) atoms. The molecular formula is C8H11N3O2S. The van der Waals surface area contributed by atoms with Crippen molar-refractivity contribution in [1.82, 2.24) is 15.2 Å². The van der Waals surface area contributed by atoms with Crippen molar-refractivity contribution in [3.63, 3.8) is 0 Å². The number of thioether (sulfide) groups is 1. The highest BCUT2D eigenvalue weighted by molar-refractivity contribution is 7.98. The van der Waals surface area contributed by atoms with Gasteiger partial charge in [-0.25, -0.2) is 4.98 Å². The first-order valence-corrected chi connectivity index (χ1v) is 5.31. The maximum Gasteiger partial charge on any atom is 0.306 e. The topological polar surface area (TPSA) is 76.0 Å². The van der Waals surface area contributed by atoms with Gasteiger partial charge >= 0.3 is 5.97 Å². The van der Waals surface area contributed by atoms with Gasteiger partial charge < -0.3 is 5.11 Å². The summed E-state index contributed by atoms with van der Waals surface area (Å²) in [5.41, 5.74) is 0.609. The van der Waals surface area contributed by atoms with Crippen LogP contribution >= 0.6 is 11.8 Å². The molecule has 1 rings (SSSR count). The summed E-state index contributed by atoms with van der Waals surface area (Å²) in [7, 11) is 0. The Bertz CT molecular complexity index is 315. The molecule has 1 aromatic heterocycles. The second kappa shape index (κ2) is 4.90. The molecule has 0 fully saturated rings. The molecule has 1 heterocycles. The monoisotopic (exact) mass is 213 g/mol. The lowest BCUT2D eigenvalue weighted by Crippen LogP contribution is -2.13. The molecule has 1 atom stereocenters. The summed E-state index contributed by atoms with van der Waals surface area (Å²) in [6, 6.07) is 0. The zero-order valence-corrected chi connectivity index (χ0v) is 8.78. The van der Waals surface area contributed by atoms with Crippen molar-refractivity contribution in [3.8, 4) is 0 Å². The molecule has 0 bridgehead atoms. The van der Waals surface area contributed by atoms with Crippen LogP contribution in [0.2, 0.25) is 0 Å². The quantitative estimate of drug-likeness (QED) is 0.747. The Morgan fingerprint density at radius 3 is 2.79 bits per heavy atom. The first kappa shape index (κ1) is 10.9. The summed E-state index contributed by atoms with van der Waals surface area (Å²) >= 11 is 1.40. The molecule has 0 aliphatic heterocycles. The number of nitrogens with zero attached hydrogens (tertiary/aromatic N) is 3. The third-order valence-corrected chi connectivity index (χ3v) is 2.26. The molecule has 5 nitrogen and oxygen atoms in total. The third kappa shape index (κ3) is 2.95. The summed E-state index contributed by atoms with van der Waals surface area (Å²) in [6.07, 6.45) is 3.79. The average Bonchev–Trinajstić information content (AvgIpc) is 2.19. The average molecular weight is 213 g/mol. The number of carboxylic acid groups (broad SMARTS) is 1. The van der Waals surface area contributed by atoms with Crippen LogP contribution in [0.3, 0.4) is 0 Å². The van der Waals surface area contributed by atoms with E-state index in [1.807, 2.05) is 6.26 Å². The fourth-order valence-corrected chi connectivity index (χ4v) is 1.16. The summed E-state index contributed by atoms with van der Waals surface area (Å²) in [6.45, 7) is 1.63. The molecule has 0 radical (unpaired) electrons. The minimum absolute atomic E-state index is 0.365. The van der Waals surface area contributed by atoms with Gasteiger partial charge in [0.25, 0.3) is 0 Å². The van der Waals surface area contributed by atoms with Crippen LogP contribution in [-0.2, 0) is 11.2 Å². The van der Waals surface area contributed by atoms with Crippen LogP contribution in [0.15, 0.2) is 11.4 Å². The SMILES string of the molecule is CSc1ncc(CC(C)C(=O)O)nn1. The summed E-state index contributed by atoms with van der Waals surface area (Å²) < 4.78 is 0. The lowest BCUT2D eigenvalue weighted by Gasteiger charge is -2.03. The number of aliphatic carboxylic acids is 1. The molecule has 0 saturated heterocycles. The van der Waals surface area contributed by atoms with E-state index in [4.69, 9.17) is 5.11 Å². The van der Waals surface area contributed by atoms with Gasteiger partial charge in [0.05, 0.1) is 17.8 Å². The molecule has 6 heteroatoms. The standard InChI is InChI=1S/C8H11N3O2S/c1-5(7(12)13)3-6-4-9-8(14-2)11-10-6/h4-5H,3H2,1-2H3,(H,12,13). The highest BCUT2D eigenvalue weighted by Gasteiger charge is 2.12. The molecule has 0 amide bonds. The van der Waals surface area contributed by atoms with E-state index in [9.17, 15) is 4.79 Å². The molecule has 0 aliphatic carbocycles.